The van der Waals surface area contributed by atoms with Gasteiger partial charge < -0.3 is 0 Å². The summed E-state index contributed by atoms with van der Waals surface area (Å²) in [4.78, 5) is 11.8. The molecule has 1 nitrogen and oxygen atoms in total. The van der Waals surface area contributed by atoms with Crippen molar-refractivity contribution in [2.24, 2.45) is 5.92 Å². The third-order valence-electron chi connectivity index (χ3n) is 3.03. The molecule has 4 heteroatoms. The number of ketones is 1. The summed E-state index contributed by atoms with van der Waals surface area (Å²) in [6, 6.07) is 3.32. The summed E-state index contributed by atoms with van der Waals surface area (Å²) < 4.78 is 37.3. The van der Waals surface area contributed by atoms with Crippen LogP contribution < -0.4 is 0 Å². The zero-order valence-electron chi connectivity index (χ0n) is 9.47. The zero-order valence-corrected chi connectivity index (χ0v) is 9.47. The molecule has 0 amide bonds. The van der Waals surface area contributed by atoms with E-state index < -0.39 is 11.7 Å². The van der Waals surface area contributed by atoms with Crippen LogP contribution in [-0.4, -0.2) is 5.78 Å². The summed E-state index contributed by atoms with van der Waals surface area (Å²) in [6.45, 7) is 1.55. The van der Waals surface area contributed by atoms with Gasteiger partial charge in [-0.25, -0.2) is 0 Å². The van der Waals surface area contributed by atoms with E-state index in [-0.39, 0.29) is 5.78 Å². The van der Waals surface area contributed by atoms with Crippen LogP contribution in [0.4, 0.5) is 13.2 Å². The number of hydrogen-bond donors (Lipinski definition) is 0. The zero-order chi connectivity index (χ0) is 12.6. The number of alkyl halides is 3. The minimum absolute atomic E-state index is 0.0428. The van der Waals surface area contributed by atoms with Gasteiger partial charge >= 0.3 is 6.18 Å². The Labute approximate surface area is 97.6 Å². The highest BCUT2D eigenvalue weighted by atomic mass is 19.4. The second-order valence-electron chi connectivity index (χ2n) is 4.60. The van der Waals surface area contributed by atoms with Gasteiger partial charge in [-0.15, -0.1) is 0 Å². The highest BCUT2D eigenvalue weighted by Crippen LogP contribution is 2.35. The third kappa shape index (κ3) is 2.87. The SMILES string of the molecule is Cc1cc(C(F)(F)F)ccc1C(=O)CC1CC1. The van der Waals surface area contributed by atoms with Crippen molar-refractivity contribution in [1.29, 1.82) is 0 Å². The quantitative estimate of drug-likeness (QED) is 0.732. The lowest BCUT2D eigenvalue weighted by Gasteiger charge is -2.10. The number of hydrogen-bond acceptors (Lipinski definition) is 1. The van der Waals surface area contributed by atoms with Gasteiger partial charge in [0.05, 0.1) is 5.56 Å². The average Bonchev–Trinajstić information content (AvgIpc) is 2.99. The number of Topliss-reactive ketones (excluding diaryl/α,β-unsaturated/α-hetero) is 1. The van der Waals surface area contributed by atoms with Crippen molar-refractivity contribution in [3.8, 4) is 0 Å². The van der Waals surface area contributed by atoms with E-state index in [1.54, 1.807) is 6.92 Å². The molecule has 0 aliphatic heterocycles. The molecule has 0 radical (unpaired) electrons. The molecule has 0 bridgehead atoms. The van der Waals surface area contributed by atoms with E-state index in [1.165, 1.54) is 6.07 Å². The van der Waals surface area contributed by atoms with Gasteiger partial charge in [0.1, 0.15) is 0 Å². The first-order valence-corrected chi connectivity index (χ1v) is 5.59. The maximum Gasteiger partial charge on any atom is 0.416 e. The van der Waals surface area contributed by atoms with Crippen LogP contribution in [0.15, 0.2) is 18.2 Å². The summed E-state index contributed by atoms with van der Waals surface area (Å²) >= 11 is 0. The number of carbonyl (C=O) groups excluding carboxylic acids is 1. The first-order valence-electron chi connectivity index (χ1n) is 5.59. The summed E-state index contributed by atoms with van der Waals surface area (Å²) in [5.74, 6) is 0.405. The van der Waals surface area contributed by atoms with Crippen molar-refractivity contribution in [2.45, 2.75) is 32.4 Å². The Morgan fingerprint density at radius 1 is 1.35 bits per heavy atom. The van der Waals surface area contributed by atoms with Crippen molar-refractivity contribution < 1.29 is 18.0 Å². The molecule has 0 aromatic heterocycles. The topological polar surface area (TPSA) is 17.1 Å². The van der Waals surface area contributed by atoms with Crippen LogP contribution >= 0.6 is 0 Å². The van der Waals surface area contributed by atoms with Gasteiger partial charge in [0.25, 0.3) is 0 Å². The largest absolute Gasteiger partial charge is 0.416 e. The van der Waals surface area contributed by atoms with E-state index in [1.807, 2.05) is 0 Å². The van der Waals surface area contributed by atoms with Gasteiger partial charge in [-0.1, -0.05) is 6.07 Å². The third-order valence-corrected chi connectivity index (χ3v) is 3.03. The molecule has 17 heavy (non-hydrogen) atoms. The average molecular weight is 242 g/mol. The van der Waals surface area contributed by atoms with Crippen LogP contribution in [-0.2, 0) is 6.18 Å². The van der Waals surface area contributed by atoms with Gasteiger partial charge in [-0.05, 0) is 43.4 Å². The summed E-state index contributed by atoms with van der Waals surface area (Å²) in [6.07, 6.45) is -1.76. The molecule has 92 valence electrons. The van der Waals surface area contributed by atoms with Crippen LogP contribution in [0.2, 0.25) is 0 Å². The number of halogens is 3. The van der Waals surface area contributed by atoms with Crippen molar-refractivity contribution in [2.75, 3.05) is 0 Å². The maximum atomic E-state index is 12.4. The van der Waals surface area contributed by atoms with Crippen LogP contribution in [0.1, 0.15) is 40.7 Å². The van der Waals surface area contributed by atoms with Crippen molar-refractivity contribution in [3.63, 3.8) is 0 Å². The fraction of sp³-hybridized carbons (Fsp3) is 0.462. The van der Waals surface area contributed by atoms with Crippen LogP contribution in [0.5, 0.6) is 0 Å². The molecule has 0 saturated heterocycles. The molecule has 1 aromatic rings. The molecule has 0 heterocycles. The molecular formula is C13H13F3O. The van der Waals surface area contributed by atoms with Gasteiger partial charge in [0, 0.05) is 12.0 Å². The van der Waals surface area contributed by atoms with E-state index in [0.29, 0.717) is 23.5 Å². The molecule has 2 rings (SSSR count). The highest BCUT2D eigenvalue weighted by molar-refractivity contribution is 5.97. The van der Waals surface area contributed by atoms with E-state index in [0.717, 1.165) is 25.0 Å². The van der Waals surface area contributed by atoms with Crippen LogP contribution in [0, 0.1) is 12.8 Å². The summed E-state index contributed by atoms with van der Waals surface area (Å²) in [7, 11) is 0. The Hall–Kier alpha value is -1.32. The van der Waals surface area contributed by atoms with E-state index >= 15 is 0 Å². The lowest BCUT2D eigenvalue weighted by atomic mass is 9.98. The predicted octanol–water partition coefficient (Wildman–Crippen LogP) is 4.00. The first-order chi connectivity index (χ1) is 7.88. The molecule has 1 aromatic carbocycles. The van der Waals surface area contributed by atoms with Crippen molar-refractivity contribution >= 4 is 5.78 Å². The van der Waals surface area contributed by atoms with Gasteiger partial charge in [-0.3, -0.25) is 4.79 Å². The van der Waals surface area contributed by atoms with Crippen LogP contribution in [0.25, 0.3) is 0 Å². The number of rotatable bonds is 3. The van der Waals surface area contributed by atoms with Gasteiger partial charge in [0.2, 0.25) is 0 Å². The van der Waals surface area contributed by atoms with E-state index in [9.17, 15) is 18.0 Å². The fourth-order valence-corrected chi connectivity index (χ4v) is 1.85. The van der Waals surface area contributed by atoms with Crippen molar-refractivity contribution in [1.82, 2.24) is 0 Å². The number of carbonyl (C=O) groups is 1. The Kier molecular flexibility index (Phi) is 2.98. The minimum Gasteiger partial charge on any atom is -0.294 e. The standard InChI is InChI=1S/C13H13F3O/c1-8-6-10(13(14,15)16)4-5-11(8)12(17)7-9-2-3-9/h4-6,9H,2-3,7H2,1H3. The Morgan fingerprint density at radius 2 is 2.00 bits per heavy atom. The molecule has 1 fully saturated rings. The summed E-state index contributed by atoms with van der Waals surface area (Å²) in [5.41, 5.74) is 0.133. The Morgan fingerprint density at radius 3 is 2.47 bits per heavy atom. The number of benzene rings is 1. The Bertz CT molecular complexity index is 444. The molecule has 0 spiro atoms. The molecule has 1 aliphatic rings. The maximum absolute atomic E-state index is 12.4. The predicted molar refractivity (Wildman–Crippen MR) is 57.9 cm³/mol. The molecule has 0 unspecified atom stereocenters. The molecular weight excluding hydrogens is 229 g/mol. The first kappa shape index (κ1) is 12.1. The lowest BCUT2D eigenvalue weighted by Crippen LogP contribution is -2.08. The minimum atomic E-state index is -4.34. The second-order valence-corrected chi connectivity index (χ2v) is 4.60. The fourth-order valence-electron chi connectivity index (χ4n) is 1.85. The normalized spacial score (nSPS) is 16.0. The Balaban J connectivity index is 2.21. The van der Waals surface area contributed by atoms with Crippen LogP contribution in [0.3, 0.4) is 0 Å². The monoisotopic (exact) mass is 242 g/mol. The smallest absolute Gasteiger partial charge is 0.294 e. The molecule has 1 saturated carbocycles. The number of aryl methyl sites for hydroxylation is 1. The summed E-state index contributed by atoms with van der Waals surface area (Å²) in [5, 5.41) is 0. The second kappa shape index (κ2) is 4.17. The lowest BCUT2D eigenvalue weighted by molar-refractivity contribution is -0.137. The molecule has 0 atom stereocenters. The molecule has 1 aliphatic carbocycles. The van der Waals surface area contributed by atoms with Gasteiger partial charge in [0.15, 0.2) is 5.78 Å². The van der Waals surface area contributed by atoms with E-state index in [4.69, 9.17) is 0 Å². The molecule has 0 N–H and O–H groups in total. The highest BCUT2D eigenvalue weighted by Gasteiger charge is 2.31. The van der Waals surface area contributed by atoms with Gasteiger partial charge in [-0.2, -0.15) is 13.2 Å². The van der Waals surface area contributed by atoms with Crippen molar-refractivity contribution in [3.05, 3.63) is 34.9 Å². The van der Waals surface area contributed by atoms with E-state index in [2.05, 4.69) is 0 Å².